The van der Waals surface area contributed by atoms with E-state index < -0.39 is 22.1 Å². The van der Waals surface area contributed by atoms with Crippen LogP contribution in [0.4, 0.5) is 0 Å². The van der Waals surface area contributed by atoms with Crippen LogP contribution in [-0.2, 0) is 15.9 Å². The van der Waals surface area contributed by atoms with Crippen molar-refractivity contribution in [2.24, 2.45) is 0 Å². The topological polar surface area (TPSA) is 54.4 Å². The summed E-state index contributed by atoms with van der Waals surface area (Å²) in [7, 11) is 0. The van der Waals surface area contributed by atoms with Gasteiger partial charge in [0.15, 0.2) is 11.1 Å². The maximum atomic E-state index is 9.67. The molecule has 0 aliphatic rings. The zero-order valence-electron chi connectivity index (χ0n) is 3.26. The number of halogens is 1. The van der Waals surface area contributed by atoms with Crippen LogP contribution in [0.25, 0.3) is 0 Å². The molecule has 0 aromatic heterocycles. The van der Waals surface area contributed by atoms with E-state index in [1.165, 1.54) is 0 Å². The van der Waals surface area contributed by atoms with Crippen LogP contribution < -0.4 is 0 Å². The Balaban J connectivity index is 3.32. The van der Waals surface area contributed by atoms with Crippen LogP contribution in [0, 0.1) is 0 Å². The minimum absolute atomic E-state index is 0.485. The highest BCUT2D eigenvalue weighted by molar-refractivity contribution is 7.80. The average Bonchev–Trinajstić information content (AvgIpc) is 1.27. The molecule has 1 atom stereocenters. The highest BCUT2D eigenvalue weighted by Gasteiger charge is 1.98. The maximum Gasteiger partial charge on any atom is 0.236 e. The molecule has 0 spiro atoms. The summed E-state index contributed by atoms with van der Waals surface area (Å²) in [5, 5.41) is -0.791. The van der Waals surface area contributed by atoms with Gasteiger partial charge < -0.3 is 4.55 Å². The predicted octanol–water partition coefficient (Wildman–Crippen LogP) is -0.0265. The van der Waals surface area contributed by atoms with E-state index in [9.17, 15) is 9.00 Å². The minimum atomic E-state index is -2.08. The fraction of sp³-hybridized carbons (Fsp3) is 0.500. The van der Waals surface area contributed by atoms with Crippen LogP contribution >= 0.6 is 11.6 Å². The smallest absolute Gasteiger partial charge is 0.236 e. The lowest BCUT2D eigenvalue weighted by atomic mass is 10.9. The standard InChI is InChI=1S/C2H3ClO3S/c3-2(4)1-7(5)6/h1H2,(H,5,6). The van der Waals surface area contributed by atoms with E-state index in [-0.39, 0.29) is 0 Å². The van der Waals surface area contributed by atoms with E-state index in [0.29, 0.717) is 0 Å². The quantitative estimate of drug-likeness (QED) is 0.435. The van der Waals surface area contributed by atoms with Gasteiger partial charge in [-0.05, 0) is 11.6 Å². The predicted molar refractivity (Wildman–Crippen MR) is 26.5 cm³/mol. The van der Waals surface area contributed by atoms with Crippen molar-refractivity contribution in [2.75, 3.05) is 5.75 Å². The van der Waals surface area contributed by atoms with E-state index in [2.05, 4.69) is 11.6 Å². The summed E-state index contributed by atoms with van der Waals surface area (Å²) < 4.78 is 17.5. The SMILES string of the molecule is O=C(Cl)CS(=O)O. The third-order valence-electron chi connectivity index (χ3n) is 0.237. The molecule has 0 heterocycles. The molecular weight excluding hydrogens is 140 g/mol. The van der Waals surface area contributed by atoms with Crippen molar-refractivity contribution in [2.45, 2.75) is 0 Å². The first kappa shape index (κ1) is 7.07. The second-order valence-corrected chi connectivity index (χ2v) is 2.17. The first-order valence-electron chi connectivity index (χ1n) is 1.38. The average molecular weight is 143 g/mol. The van der Waals surface area contributed by atoms with Crippen LogP contribution in [0.1, 0.15) is 0 Å². The molecule has 0 saturated heterocycles. The van der Waals surface area contributed by atoms with Crippen LogP contribution in [-0.4, -0.2) is 19.8 Å². The van der Waals surface area contributed by atoms with Gasteiger partial charge in [0.25, 0.3) is 0 Å². The molecule has 1 N–H and O–H groups in total. The van der Waals surface area contributed by atoms with E-state index in [4.69, 9.17) is 4.55 Å². The summed E-state index contributed by atoms with van der Waals surface area (Å²) in [6.07, 6.45) is 0. The Labute approximate surface area is 47.9 Å². The van der Waals surface area contributed by atoms with Crippen molar-refractivity contribution in [1.29, 1.82) is 0 Å². The fourth-order valence-corrected chi connectivity index (χ4v) is 0.571. The third-order valence-corrected chi connectivity index (χ3v) is 1.04. The molecule has 0 rings (SSSR count). The van der Waals surface area contributed by atoms with Gasteiger partial charge in [0.05, 0.1) is 0 Å². The number of carbonyl (C=O) groups is 1. The summed E-state index contributed by atoms with van der Waals surface area (Å²) in [6, 6.07) is 0. The van der Waals surface area contributed by atoms with Gasteiger partial charge in [0.2, 0.25) is 5.24 Å². The Morgan fingerprint density at radius 1 is 1.86 bits per heavy atom. The normalized spacial score (nSPS) is 13.4. The molecule has 0 saturated carbocycles. The van der Waals surface area contributed by atoms with Crippen LogP contribution in [0.3, 0.4) is 0 Å². The van der Waals surface area contributed by atoms with Gasteiger partial charge in [-0.2, -0.15) is 0 Å². The summed E-state index contributed by atoms with van der Waals surface area (Å²) in [4.78, 5) is 9.67. The van der Waals surface area contributed by atoms with Crippen molar-refractivity contribution in [3.63, 3.8) is 0 Å². The third kappa shape index (κ3) is 6.07. The highest BCUT2D eigenvalue weighted by atomic mass is 35.5. The molecule has 3 nitrogen and oxygen atoms in total. The highest BCUT2D eigenvalue weighted by Crippen LogP contribution is 1.80. The zero-order valence-corrected chi connectivity index (χ0v) is 4.83. The second kappa shape index (κ2) is 3.12. The first-order valence-corrected chi connectivity index (χ1v) is 3.04. The van der Waals surface area contributed by atoms with Crippen molar-refractivity contribution in [1.82, 2.24) is 0 Å². The van der Waals surface area contributed by atoms with Gasteiger partial charge in [-0.15, -0.1) is 0 Å². The first-order chi connectivity index (χ1) is 3.13. The lowest BCUT2D eigenvalue weighted by molar-refractivity contribution is -0.109. The Hall–Kier alpha value is 0.0700. The molecule has 0 bridgehead atoms. The molecular formula is C2H3ClO3S. The van der Waals surface area contributed by atoms with Gasteiger partial charge in [0, 0.05) is 0 Å². The van der Waals surface area contributed by atoms with Gasteiger partial charge >= 0.3 is 0 Å². The molecule has 7 heavy (non-hydrogen) atoms. The summed E-state index contributed by atoms with van der Waals surface area (Å²) in [6.45, 7) is 0. The van der Waals surface area contributed by atoms with E-state index in [1.807, 2.05) is 0 Å². The maximum absolute atomic E-state index is 9.67. The molecule has 1 unspecified atom stereocenters. The molecule has 5 heteroatoms. The molecule has 0 aromatic carbocycles. The van der Waals surface area contributed by atoms with Crippen LogP contribution in [0.5, 0.6) is 0 Å². The molecule has 0 aliphatic heterocycles. The summed E-state index contributed by atoms with van der Waals surface area (Å²) >= 11 is 2.60. The number of rotatable bonds is 2. The summed E-state index contributed by atoms with van der Waals surface area (Å²) in [5.74, 6) is -0.485. The van der Waals surface area contributed by atoms with E-state index in [0.717, 1.165) is 0 Å². The van der Waals surface area contributed by atoms with Crippen molar-refractivity contribution in [3.8, 4) is 0 Å². The minimum Gasteiger partial charge on any atom is -0.306 e. The molecule has 0 aliphatic carbocycles. The van der Waals surface area contributed by atoms with Crippen molar-refractivity contribution in [3.05, 3.63) is 0 Å². The van der Waals surface area contributed by atoms with Gasteiger partial charge in [-0.25, -0.2) is 4.21 Å². The lowest BCUT2D eigenvalue weighted by Gasteiger charge is -1.79. The Morgan fingerprint density at radius 3 is 2.29 bits per heavy atom. The van der Waals surface area contributed by atoms with Crippen molar-refractivity contribution < 1.29 is 13.6 Å². The van der Waals surface area contributed by atoms with E-state index >= 15 is 0 Å². The molecule has 0 radical (unpaired) electrons. The molecule has 42 valence electrons. The van der Waals surface area contributed by atoms with Gasteiger partial charge in [0.1, 0.15) is 5.75 Å². The zero-order chi connectivity index (χ0) is 5.86. The monoisotopic (exact) mass is 142 g/mol. The number of hydrogen-bond donors (Lipinski definition) is 1. The molecule has 0 aromatic rings. The second-order valence-electron chi connectivity index (χ2n) is 0.821. The number of carbonyl (C=O) groups excluding carboxylic acids is 1. The van der Waals surface area contributed by atoms with E-state index in [1.54, 1.807) is 0 Å². The molecule has 0 fully saturated rings. The Bertz CT molecular complexity index is 89.1. The lowest BCUT2D eigenvalue weighted by Crippen LogP contribution is -2.01. The Kier molecular flexibility index (Phi) is 3.15. The molecule has 0 amide bonds. The van der Waals surface area contributed by atoms with Crippen LogP contribution in [0.2, 0.25) is 0 Å². The van der Waals surface area contributed by atoms with Gasteiger partial charge in [-0.3, -0.25) is 4.79 Å². The Morgan fingerprint density at radius 2 is 2.29 bits per heavy atom. The van der Waals surface area contributed by atoms with Crippen LogP contribution in [0.15, 0.2) is 0 Å². The summed E-state index contributed by atoms with van der Waals surface area (Å²) in [5.41, 5.74) is 0. The van der Waals surface area contributed by atoms with Gasteiger partial charge in [-0.1, -0.05) is 0 Å². The van der Waals surface area contributed by atoms with Crippen molar-refractivity contribution >= 4 is 27.9 Å². The largest absolute Gasteiger partial charge is 0.306 e. The number of hydrogen-bond acceptors (Lipinski definition) is 2. The fourth-order valence-electron chi connectivity index (χ4n) is 0.0971.